The van der Waals surface area contributed by atoms with Gasteiger partial charge in [0.15, 0.2) is 0 Å². The van der Waals surface area contributed by atoms with Gasteiger partial charge in [0.1, 0.15) is 0 Å². The molecule has 1 fully saturated rings. The lowest BCUT2D eigenvalue weighted by Crippen LogP contribution is -2.49. The van der Waals surface area contributed by atoms with Crippen LogP contribution >= 0.6 is 0 Å². The Bertz CT molecular complexity index is 666. The largest absolute Gasteiger partial charge is 0.340 e. The average Bonchev–Trinajstić information content (AvgIpc) is 2.63. The molecule has 3 rings (SSSR count). The predicted molar refractivity (Wildman–Crippen MR) is 93.6 cm³/mol. The van der Waals surface area contributed by atoms with Gasteiger partial charge in [-0.15, -0.1) is 0 Å². The van der Waals surface area contributed by atoms with Crippen LogP contribution in [0.5, 0.6) is 0 Å². The van der Waals surface area contributed by atoms with Gasteiger partial charge in [0.05, 0.1) is 12.1 Å². The summed E-state index contributed by atoms with van der Waals surface area (Å²) in [7, 11) is 0. The lowest BCUT2D eigenvalue weighted by Gasteiger charge is -2.34. The maximum absolute atomic E-state index is 12.5. The Balaban J connectivity index is 1.44. The minimum atomic E-state index is 0.234. The zero-order chi connectivity index (χ0) is 16.8. The molecule has 24 heavy (non-hydrogen) atoms. The number of carbonyl (C=O) groups is 1. The Morgan fingerprint density at radius 3 is 2.62 bits per heavy atom. The number of hydrogen-bond donors (Lipinski definition) is 0. The van der Waals surface area contributed by atoms with E-state index in [0.29, 0.717) is 6.42 Å². The Kier molecular flexibility index (Phi) is 5.54. The number of hydrogen-bond acceptors (Lipinski definition) is 4. The molecule has 126 valence electrons. The normalized spacial score (nSPS) is 15.5. The second kappa shape index (κ2) is 8.02. The molecular formula is C19H24N4O. The molecule has 0 N–H and O–H groups in total. The number of carbonyl (C=O) groups excluding carboxylic acids is 1. The van der Waals surface area contributed by atoms with E-state index in [0.717, 1.165) is 50.4 Å². The molecule has 1 aliphatic heterocycles. The highest BCUT2D eigenvalue weighted by Gasteiger charge is 2.21. The molecule has 0 unspecified atom stereocenters. The summed E-state index contributed by atoms with van der Waals surface area (Å²) >= 11 is 0. The highest BCUT2D eigenvalue weighted by atomic mass is 16.2. The van der Waals surface area contributed by atoms with Crippen molar-refractivity contribution in [3.63, 3.8) is 0 Å². The highest BCUT2D eigenvalue weighted by molar-refractivity contribution is 5.79. The van der Waals surface area contributed by atoms with Crippen LogP contribution in [-0.2, 0) is 17.6 Å². The number of aromatic nitrogens is 2. The first kappa shape index (κ1) is 16.6. The minimum absolute atomic E-state index is 0.234. The lowest BCUT2D eigenvalue weighted by molar-refractivity contribution is -0.132. The Labute approximate surface area is 143 Å². The van der Waals surface area contributed by atoms with Gasteiger partial charge in [-0.2, -0.15) is 0 Å². The van der Waals surface area contributed by atoms with Crippen LogP contribution in [0.25, 0.3) is 0 Å². The van der Waals surface area contributed by atoms with E-state index in [1.165, 1.54) is 5.56 Å². The van der Waals surface area contributed by atoms with Gasteiger partial charge < -0.3 is 4.90 Å². The molecule has 1 aliphatic rings. The van der Waals surface area contributed by atoms with E-state index in [-0.39, 0.29) is 5.91 Å². The molecule has 1 saturated heterocycles. The summed E-state index contributed by atoms with van der Waals surface area (Å²) in [6, 6.07) is 8.12. The molecule has 0 bridgehead atoms. The number of benzene rings is 1. The van der Waals surface area contributed by atoms with Gasteiger partial charge in [0, 0.05) is 57.7 Å². The summed E-state index contributed by atoms with van der Waals surface area (Å²) in [5, 5.41) is 0. The van der Waals surface area contributed by atoms with Crippen molar-refractivity contribution in [1.29, 1.82) is 0 Å². The third kappa shape index (κ3) is 4.38. The summed E-state index contributed by atoms with van der Waals surface area (Å²) in [6.07, 6.45) is 6.67. The summed E-state index contributed by atoms with van der Waals surface area (Å²) in [5.41, 5.74) is 3.34. The lowest BCUT2D eigenvalue weighted by atomic mass is 10.1. The van der Waals surface area contributed by atoms with Gasteiger partial charge >= 0.3 is 0 Å². The average molecular weight is 324 g/mol. The van der Waals surface area contributed by atoms with Gasteiger partial charge in [-0.3, -0.25) is 19.7 Å². The fraction of sp³-hybridized carbons (Fsp3) is 0.421. The number of piperazine rings is 1. The molecular weight excluding hydrogens is 300 g/mol. The van der Waals surface area contributed by atoms with E-state index in [1.807, 2.05) is 29.3 Å². The highest BCUT2D eigenvalue weighted by Crippen LogP contribution is 2.11. The number of aryl methyl sites for hydroxylation is 1. The Hall–Kier alpha value is -2.27. The van der Waals surface area contributed by atoms with Crippen molar-refractivity contribution in [2.24, 2.45) is 0 Å². The van der Waals surface area contributed by atoms with E-state index >= 15 is 0 Å². The van der Waals surface area contributed by atoms with E-state index in [2.05, 4.69) is 27.9 Å². The summed E-state index contributed by atoms with van der Waals surface area (Å²) < 4.78 is 0. The second-order valence-electron chi connectivity index (χ2n) is 6.27. The summed E-state index contributed by atoms with van der Waals surface area (Å²) in [5.74, 6) is 0.234. The van der Waals surface area contributed by atoms with Crippen molar-refractivity contribution in [2.45, 2.75) is 19.8 Å². The first-order valence-electron chi connectivity index (χ1n) is 8.52. The van der Waals surface area contributed by atoms with E-state index in [9.17, 15) is 4.79 Å². The molecule has 0 saturated carbocycles. The van der Waals surface area contributed by atoms with Crippen LogP contribution in [0.2, 0.25) is 0 Å². The predicted octanol–water partition coefficient (Wildman–Crippen LogP) is 1.71. The van der Waals surface area contributed by atoms with Crippen molar-refractivity contribution in [3.05, 3.63) is 59.7 Å². The molecule has 5 nitrogen and oxygen atoms in total. The number of nitrogens with zero attached hydrogens (tertiary/aromatic N) is 4. The van der Waals surface area contributed by atoms with E-state index in [4.69, 9.17) is 0 Å². The van der Waals surface area contributed by atoms with E-state index in [1.54, 1.807) is 12.4 Å². The van der Waals surface area contributed by atoms with Crippen LogP contribution in [-0.4, -0.2) is 58.4 Å². The number of rotatable bonds is 5. The molecule has 2 heterocycles. The van der Waals surface area contributed by atoms with Crippen LogP contribution in [0.15, 0.2) is 42.9 Å². The summed E-state index contributed by atoms with van der Waals surface area (Å²) in [4.78, 5) is 25.3. The zero-order valence-electron chi connectivity index (χ0n) is 14.2. The zero-order valence-corrected chi connectivity index (χ0v) is 14.2. The fourth-order valence-corrected chi connectivity index (χ4v) is 3.04. The molecule has 0 atom stereocenters. The first-order chi connectivity index (χ1) is 11.7. The smallest absolute Gasteiger partial charge is 0.227 e. The SMILES string of the molecule is Cc1ccccc1CC(=O)N1CCN(CCc2cnccn2)CC1. The molecule has 2 aromatic rings. The van der Waals surface area contributed by atoms with Gasteiger partial charge in [-0.25, -0.2) is 0 Å². The second-order valence-corrected chi connectivity index (χ2v) is 6.27. The molecule has 1 aromatic heterocycles. The molecule has 0 radical (unpaired) electrons. The molecule has 0 aliphatic carbocycles. The van der Waals surface area contributed by atoms with Gasteiger partial charge in [0.2, 0.25) is 5.91 Å². The van der Waals surface area contributed by atoms with Crippen molar-refractivity contribution in [3.8, 4) is 0 Å². The van der Waals surface area contributed by atoms with E-state index < -0.39 is 0 Å². The maximum atomic E-state index is 12.5. The van der Waals surface area contributed by atoms with Crippen molar-refractivity contribution < 1.29 is 4.79 Å². The van der Waals surface area contributed by atoms with Gasteiger partial charge in [-0.1, -0.05) is 24.3 Å². The summed E-state index contributed by atoms with van der Waals surface area (Å²) in [6.45, 7) is 6.52. The first-order valence-corrected chi connectivity index (χ1v) is 8.52. The quantitative estimate of drug-likeness (QED) is 0.840. The Morgan fingerprint density at radius 2 is 1.92 bits per heavy atom. The van der Waals surface area contributed by atoms with Gasteiger partial charge in [0.25, 0.3) is 0 Å². The van der Waals surface area contributed by atoms with Crippen LogP contribution in [0, 0.1) is 6.92 Å². The van der Waals surface area contributed by atoms with Crippen molar-refractivity contribution in [1.82, 2.24) is 19.8 Å². The van der Waals surface area contributed by atoms with Crippen LogP contribution in [0.4, 0.5) is 0 Å². The van der Waals surface area contributed by atoms with Crippen molar-refractivity contribution >= 4 is 5.91 Å². The fourth-order valence-electron chi connectivity index (χ4n) is 3.04. The minimum Gasteiger partial charge on any atom is -0.340 e. The third-order valence-corrected chi connectivity index (χ3v) is 4.63. The van der Waals surface area contributed by atoms with Crippen LogP contribution < -0.4 is 0 Å². The third-order valence-electron chi connectivity index (χ3n) is 4.63. The molecule has 1 aromatic carbocycles. The molecule has 5 heteroatoms. The Morgan fingerprint density at radius 1 is 1.12 bits per heavy atom. The van der Waals surface area contributed by atoms with Crippen LogP contribution in [0.1, 0.15) is 16.8 Å². The molecule has 1 amide bonds. The van der Waals surface area contributed by atoms with Gasteiger partial charge in [-0.05, 0) is 18.1 Å². The topological polar surface area (TPSA) is 49.3 Å². The number of amides is 1. The van der Waals surface area contributed by atoms with Crippen LogP contribution in [0.3, 0.4) is 0 Å². The maximum Gasteiger partial charge on any atom is 0.227 e. The standard InChI is InChI=1S/C19H24N4O/c1-16-4-2-3-5-17(16)14-19(24)23-12-10-22(11-13-23)9-6-18-15-20-7-8-21-18/h2-5,7-8,15H,6,9-14H2,1H3. The molecule has 0 spiro atoms. The monoisotopic (exact) mass is 324 g/mol. The van der Waals surface area contributed by atoms with Crippen molar-refractivity contribution in [2.75, 3.05) is 32.7 Å².